The van der Waals surface area contributed by atoms with Gasteiger partial charge in [-0.3, -0.25) is 4.79 Å². The van der Waals surface area contributed by atoms with Gasteiger partial charge in [-0.15, -0.1) is 0 Å². The van der Waals surface area contributed by atoms with Gasteiger partial charge in [0.2, 0.25) is 5.91 Å². The van der Waals surface area contributed by atoms with E-state index in [4.69, 9.17) is 31.4 Å². The first kappa shape index (κ1) is 27.8. The van der Waals surface area contributed by atoms with Crippen molar-refractivity contribution >= 4 is 23.3 Å². The predicted octanol–water partition coefficient (Wildman–Crippen LogP) is 4.52. The van der Waals surface area contributed by atoms with Gasteiger partial charge in [-0.05, 0) is 93.2 Å². The molecule has 0 atom stereocenters. The maximum atomic E-state index is 13.2. The monoisotopic (exact) mass is 558 g/mol. The van der Waals surface area contributed by atoms with Crippen molar-refractivity contribution < 1.29 is 24.7 Å². The van der Waals surface area contributed by atoms with Gasteiger partial charge in [0.1, 0.15) is 23.0 Å². The second-order valence-corrected chi connectivity index (χ2v) is 10.4. The summed E-state index contributed by atoms with van der Waals surface area (Å²) < 4.78 is 12.1. The lowest BCUT2D eigenvalue weighted by Crippen LogP contribution is -2.39. The Bertz CT molecular complexity index is 1330. The molecule has 11 heteroatoms. The zero-order valence-corrected chi connectivity index (χ0v) is 22.6. The van der Waals surface area contributed by atoms with Crippen molar-refractivity contribution in [2.75, 3.05) is 25.0 Å². The van der Waals surface area contributed by atoms with Crippen LogP contribution in [0.15, 0.2) is 77.0 Å². The summed E-state index contributed by atoms with van der Waals surface area (Å²) in [6, 6.07) is 18.7. The summed E-state index contributed by atoms with van der Waals surface area (Å²) in [5, 5.41) is 26.9. The van der Waals surface area contributed by atoms with Crippen molar-refractivity contribution in [3.63, 3.8) is 0 Å². The number of ether oxygens (including phenoxy) is 2. The summed E-state index contributed by atoms with van der Waals surface area (Å²) in [4.78, 5) is 15.7. The van der Waals surface area contributed by atoms with Crippen molar-refractivity contribution in [3.05, 3.63) is 77.9 Å². The van der Waals surface area contributed by atoms with Crippen LogP contribution in [0.4, 0.5) is 5.69 Å². The maximum Gasteiger partial charge on any atom is 0.227 e. The molecule has 0 aromatic heterocycles. The maximum absolute atomic E-state index is 13.2. The summed E-state index contributed by atoms with van der Waals surface area (Å²) >= 11 is 0. The lowest BCUT2D eigenvalue weighted by atomic mass is 9.95. The number of amides is 1. The average molecular weight is 559 g/mol. The third-order valence-corrected chi connectivity index (χ3v) is 7.31. The minimum atomic E-state index is -0.0585. The molecule has 5 rings (SSSR count). The molecule has 1 aliphatic carbocycles. The van der Waals surface area contributed by atoms with Crippen LogP contribution in [0.1, 0.15) is 36.8 Å². The Labute approximate surface area is 238 Å². The minimum Gasteiger partial charge on any atom is -0.457 e. The van der Waals surface area contributed by atoms with E-state index >= 15 is 0 Å². The normalized spacial score (nSPS) is 16.8. The van der Waals surface area contributed by atoms with Crippen LogP contribution in [0.3, 0.4) is 0 Å². The lowest BCUT2D eigenvalue weighted by Gasteiger charge is -2.31. The number of carbonyl (C=O) groups is 1. The third kappa shape index (κ3) is 7.46. The van der Waals surface area contributed by atoms with E-state index in [2.05, 4.69) is 20.5 Å². The molecule has 214 valence electrons. The van der Waals surface area contributed by atoms with Crippen molar-refractivity contribution in [2.24, 2.45) is 33.6 Å². The van der Waals surface area contributed by atoms with E-state index in [0.29, 0.717) is 39.8 Å². The van der Waals surface area contributed by atoms with Gasteiger partial charge in [0.25, 0.3) is 0 Å². The summed E-state index contributed by atoms with van der Waals surface area (Å²) in [5.74, 6) is 2.67. The number of likely N-dealkylation sites (tertiary alicyclic amines) is 1. The number of amidine groups is 2. The fourth-order valence-electron chi connectivity index (χ4n) is 4.82. The van der Waals surface area contributed by atoms with Gasteiger partial charge in [0.05, 0.1) is 0 Å². The highest BCUT2D eigenvalue weighted by molar-refractivity contribution is 5.97. The zero-order chi connectivity index (χ0) is 28.8. The fourth-order valence-corrected chi connectivity index (χ4v) is 4.82. The molecule has 3 aromatic carbocycles. The van der Waals surface area contributed by atoms with E-state index in [1.165, 1.54) is 12.8 Å². The highest BCUT2D eigenvalue weighted by Gasteiger charge is 2.29. The second-order valence-electron chi connectivity index (χ2n) is 10.4. The van der Waals surface area contributed by atoms with Crippen molar-refractivity contribution in [1.82, 2.24) is 4.90 Å². The van der Waals surface area contributed by atoms with E-state index in [-0.39, 0.29) is 23.5 Å². The molecular formula is C30H34N6O5. The van der Waals surface area contributed by atoms with Crippen LogP contribution in [0, 0.1) is 11.8 Å². The standard InChI is InChI=1S/C30H34N6O5/c31-28(34-38)20-3-7-24(8-4-20)40-26-15-23(33-30(37)22-11-13-36(14-12-22)18-19-1-2-19)16-27(17-26)41-25-9-5-21(6-10-25)29(32)35-39/h3-10,15-17,19,22,38-39H,1-2,11-14,18H2,(H2,31,34)(H2,32,35)(H,33,37). The van der Waals surface area contributed by atoms with Gasteiger partial charge in [0.15, 0.2) is 11.7 Å². The summed E-state index contributed by atoms with van der Waals surface area (Å²) in [7, 11) is 0. The molecule has 7 N–H and O–H groups in total. The molecule has 2 fully saturated rings. The largest absolute Gasteiger partial charge is 0.457 e. The first-order valence-corrected chi connectivity index (χ1v) is 13.6. The second kappa shape index (κ2) is 12.6. The van der Waals surface area contributed by atoms with E-state index in [1.54, 1.807) is 66.7 Å². The molecule has 0 spiro atoms. The van der Waals surface area contributed by atoms with Crippen molar-refractivity contribution in [2.45, 2.75) is 25.7 Å². The first-order chi connectivity index (χ1) is 19.9. The fraction of sp³-hybridized carbons (Fsp3) is 0.300. The Kier molecular flexibility index (Phi) is 8.54. The SMILES string of the molecule is NC(=NO)c1ccc(Oc2cc(NC(=O)C3CCN(CC4CC4)CC3)cc(Oc3ccc(C(N)=NO)cc3)c2)cc1. The summed E-state index contributed by atoms with van der Waals surface area (Å²) in [5.41, 5.74) is 12.9. The number of piperidine rings is 1. The Morgan fingerprint density at radius 2 is 1.27 bits per heavy atom. The minimum absolute atomic E-state index is 0.00615. The number of nitrogens with two attached hydrogens (primary N) is 2. The van der Waals surface area contributed by atoms with Gasteiger partial charge in [-0.2, -0.15) is 0 Å². The van der Waals surface area contributed by atoms with Crippen LogP contribution in [0.2, 0.25) is 0 Å². The average Bonchev–Trinajstić information content (AvgIpc) is 3.81. The Morgan fingerprint density at radius 1 is 0.780 bits per heavy atom. The molecule has 1 amide bonds. The molecule has 1 saturated heterocycles. The van der Waals surface area contributed by atoms with Crippen molar-refractivity contribution in [3.8, 4) is 23.0 Å². The molecule has 11 nitrogen and oxygen atoms in total. The zero-order valence-electron chi connectivity index (χ0n) is 22.6. The molecule has 0 radical (unpaired) electrons. The number of benzene rings is 3. The van der Waals surface area contributed by atoms with Gasteiger partial charge >= 0.3 is 0 Å². The predicted molar refractivity (Wildman–Crippen MR) is 155 cm³/mol. The number of anilines is 1. The Hall–Kier alpha value is -4.77. The quantitative estimate of drug-likeness (QED) is 0.105. The lowest BCUT2D eigenvalue weighted by molar-refractivity contribution is -0.121. The number of carbonyl (C=O) groups excluding carboxylic acids is 1. The molecule has 3 aromatic rings. The number of hydrogen-bond donors (Lipinski definition) is 5. The number of rotatable bonds is 10. The highest BCUT2D eigenvalue weighted by Crippen LogP contribution is 2.34. The summed E-state index contributed by atoms with van der Waals surface area (Å²) in [6.45, 7) is 3.03. The van der Waals surface area contributed by atoms with Gasteiger partial charge in [-0.1, -0.05) is 10.3 Å². The van der Waals surface area contributed by atoms with Crippen LogP contribution in [-0.4, -0.2) is 52.5 Å². The Morgan fingerprint density at radius 3 is 1.71 bits per heavy atom. The van der Waals surface area contributed by atoms with Crippen molar-refractivity contribution in [1.29, 1.82) is 0 Å². The highest BCUT2D eigenvalue weighted by atomic mass is 16.5. The van der Waals surface area contributed by atoms with E-state index in [9.17, 15) is 4.79 Å². The molecule has 0 unspecified atom stereocenters. The molecule has 2 aliphatic rings. The van der Waals surface area contributed by atoms with E-state index in [1.807, 2.05) is 0 Å². The molecule has 0 bridgehead atoms. The van der Waals surface area contributed by atoms with Gasteiger partial charge in [0, 0.05) is 47.5 Å². The summed E-state index contributed by atoms with van der Waals surface area (Å²) in [6.07, 6.45) is 4.32. The first-order valence-electron chi connectivity index (χ1n) is 13.6. The molecule has 1 heterocycles. The van der Waals surface area contributed by atoms with Crippen LogP contribution in [0.5, 0.6) is 23.0 Å². The number of nitrogens with zero attached hydrogens (tertiary/aromatic N) is 3. The topological polar surface area (TPSA) is 168 Å². The number of oxime groups is 2. The van der Waals surface area contributed by atoms with Crippen LogP contribution in [-0.2, 0) is 4.79 Å². The smallest absolute Gasteiger partial charge is 0.227 e. The molecule has 1 aliphatic heterocycles. The molecule has 1 saturated carbocycles. The van der Waals surface area contributed by atoms with E-state index < -0.39 is 0 Å². The number of nitrogens with one attached hydrogen (secondary N) is 1. The molecule has 41 heavy (non-hydrogen) atoms. The van der Waals surface area contributed by atoms with Crippen LogP contribution >= 0.6 is 0 Å². The number of hydrogen-bond acceptors (Lipinski definition) is 8. The van der Waals surface area contributed by atoms with Gasteiger partial charge in [-0.25, -0.2) is 0 Å². The van der Waals surface area contributed by atoms with E-state index in [0.717, 1.165) is 38.4 Å². The van der Waals surface area contributed by atoms with Crippen LogP contribution in [0.25, 0.3) is 0 Å². The Balaban J connectivity index is 1.32. The third-order valence-electron chi connectivity index (χ3n) is 7.31. The molecular weight excluding hydrogens is 524 g/mol. The van der Waals surface area contributed by atoms with Gasteiger partial charge < -0.3 is 41.6 Å². The van der Waals surface area contributed by atoms with Crippen LogP contribution < -0.4 is 26.3 Å².